The van der Waals surface area contributed by atoms with Crippen molar-refractivity contribution in [2.45, 2.75) is 13.5 Å². The minimum atomic E-state index is 0.943. The highest BCUT2D eigenvalue weighted by Crippen LogP contribution is 2.36. The van der Waals surface area contributed by atoms with E-state index in [0.29, 0.717) is 0 Å². The molecule has 0 fully saturated rings. The van der Waals surface area contributed by atoms with Crippen LogP contribution in [0.25, 0.3) is 55.4 Å². The number of hydrogen-bond acceptors (Lipinski definition) is 3. The Hall–Kier alpha value is -4.57. The summed E-state index contributed by atoms with van der Waals surface area (Å²) >= 11 is 0. The molecule has 0 unspecified atom stereocenters. The lowest BCUT2D eigenvalue weighted by Crippen LogP contribution is -2.08. The van der Waals surface area contributed by atoms with Crippen LogP contribution in [0.1, 0.15) is 6.92 Å². The van der Waals surface area contributed by atoms with E-state index >= 15 is 0 Å². The number of benzene rings is 4. The molecule has 0 bridgehead atoms. The fourth-order valence-electron chi connectivity index (χ4n) is 5.43. The van der Waals surface area contributed by atoms with Crippen LogP contribution >= 0.6 is 0 Å². The van der Waals surface area contributed by atoms with Crippen LogP contribution in [0.3, 0.4) is 0 Å². The zero-order chi connectivity index (χ0) is 27.1. The maximum atomic E-state index is 5.15. The molecule has 0 N–H and O–H groups in total. The molecule has 194 valence electrons. The average molecular weight is 511 g/mol. The highest BCUT2D eigenvalue weighted by Gasteiger charge is 2.13. The van der Waals surface area contributed by atoms with Crippen molar-refractivity contribution in [2.24, 2.45) is 0 Å². The van der Waals surface area contributed by atoms with E-state index in [9.17, 15) is 0 Å². The fraction of sp³-hybridized carbons (Fsp3) is 0.171. The quantitative estimate of drug-likeness (QED) is 0.225. The lowest BCUT2D eigenvalue weighted by Gasteiger charge is -2.15. The van der Waals surface area contributed by atoms with Crippen molar-refractivity contribution in [1.82, 2.24) is 9.55 Å². The van der Waals surface area contributed by atoms with Crippen LogP contribution in [0.15, 0.2) is 103 Å². The van der Waals surface area contributed by atoms with E-state index in [4.69, 9.17) is 4.98 Å². The average Bonchev–Trinajstić information content (AvgIpc) is 3.30. The predicted octanol–water partition coefficient (Wildman–Crippen LogP) is 8.34. The van der Waals surface area contributed by atoms with Crippen LogP contribution in [-0.4, -0.2) is 37.7 Å². The zero-order valence-corrected chi connectivity index (χ0v) is 23.3. The Morgan fingerprint density at radius 3 is 1.59 bits per heavy atom. The first kappa shape index (κ1) is 24.7. The summed E-state index contributed by atoms with van der Waals surface area (Å²) in [5.41, 5.74) is 11.4. The third-order valence-corrected chi connectivity index (χ3v) is 7.61. The number of nitrogens with zero attached hydrogens (tertiary/aromatic N) is 4. The van der Waals surface area contributed by atoms with E-state index in [1.807, 2.05) is 0 Å². The summed E-state index contributed by atoms with van der Waals surface area (Å²) in [6, 6.07) is 37.3. The molecule has 39 heavy (non-hydrogen) atoms. The van der Waals surface area contributed by atoms with E-state index in [1.165, 1.54) is 44.3 Å². The monoisotopic (exact) mass is 510 g/mol. The minimum Gasteiger partial charge on any atom is -0.378 e. The van der Waals surface area contributed by atoms with E-state index < -0.39 is 0 Å². The van der Waals surface area contributed by atoms with Gasteiger partial charge in [0.1, 0.15) is 0 Å². The number of aromatic nitrogens is 2. The molecule has 0 spiro atoms. The van der Waals surface area contributed by atoms with Crippen molar-refractivity contribution in [1.29, 1.82) is 0 Å². The summed E-state index contributed by atoms with van der Waals surface area (Å²) in [6.07, 6.45) is 0. The Bertz CT molecular complexity index is 1710. The van der Waals surface area contributed by atoms with Gasteiger partial charge in [-0.05, 0) is 72.6 Å². The van der Waals surface area contributed by atoms with Crippen LogP contribution in [0.5, 0.6) is 0 Å². The van der Waals surface area contributed by atoms with E-state index in [1.54, 1.807) is 0 Å². The van der Waals surface area contributed by atoms with Crippen molar-refractivity contribution in [2.75, 3.05) is 38.0 Å². The highest BCUT2D eigenvalue weighted by atomic mass is 15.1. The SMILES string of the molecule is CCn1c2ccccc2c2cc(-c3cc(-c4ccc(N(C)C)cc4)nc(-c4ccc(N(C)C)cc4)c3)ccc21. The molecule has 6 rings (SSSR count). The first-order valence-corrected chi connectivity index (χ1v) is 13.5. The summed E-state index contributed by atoms with van der Waals surface area (Å²) in [5, 5.41) is 2.58. The van der Waals surface area contributed by atoms with Crippen LogP contribution in [0.4, 0.5) is 11.4 Å². The molecule has 4 heteroatoms. The zero-order valence-electron chi connectivity index (χ0n) is 23.3. The molecule has 2 aromatic heterocycles. The van der Waals surface area contributed by atoms with E-state index in [0.717, 1.165) is 29.1 Å². The van der Waals surface area contributed by atoms with Gasteiger partial charge >= 0.3 is 0 Å². The standard InChI is InChI=1S/C35H34N4/c1-6-39-34-10-8-7-9-30(34)31-21-26(15-20-35(31)39)27-22-32(24-11-16-28(17-12-24)37(2)3)36-33(23-27)25-13-18-29(19-14-25)38(4)5/h7-23H,6H2,1-5H3. The molecular formula is C35H34N4. The molecule has 0 aliphatic rings. The normalized spacial score (nSPS) is 11.3. The predicted molar refractivity (Wildman–Crippen MR) is 168 cm³/mol. The molecule has 0 atom stereocenters. The largest absolute Gasteiger partial charge is 0.378 e. The highest BCUT2D eigenvalue weighted by molar-refractivity contribution is 6.09. The summed E-state index contributed by atoms with van der Waals surface area (Å²) in [7, 11) is 8.26. The van der Waals surface area contributed by atoms with E-state index in [2.05, 4.69) is 153 Å². The lowest BCUT2D eigenvalue weighted by atomic mass is 9.98. The Balaban J connectivity index is 1.53. The molecule has 0 aliphatic carbocycles. The van der Waals surface area contributed by atoms with Gasteiger partial charge in [0.25, 0.3) is 0 Å². The van der Waals surface area contributed by atoms with Gasteiger partial charge in [0.2, 0.25) is 0 Å². The van der Waals surface area contributed by atoms with Crippen molar-refractivity contribution in [3.8, 4) is 33.6 Å². The van der Waals surface area contributed by atoms with Crippen molar-refractivity contribution < 1.29 is 0 Å². The molecular weight excluding hydrogens is 476 g/mol. The molecule has 2 heterocycles. The van der Waals surface area contributed by atoms with Gasteiger partial charge in [-0.2, -0.15) is 0 Å². The number of para-hydroxylation sites is 1. The van der Waals surface area contributed by atoms with Gasteiger partial charge in [0, 0.05) is 79.0 Å². The van der Waals surface area contributed by atoms with Gasteiger partial charge in [0.15, 0.2) is 0 Å². The number of hydrogen-bond donors (Lipinski definition) is 0. The van der Waals surface area contributed by atoms with Gasteiger partial charge < -0.3 is 14.4 Å². The number of pyridine rings is 1. The topological polar surface area (TPSA) is 24.3 Å². The summed E-state index contributed by atoms with van der Waals surface area (Å²) < 4.78 is 2.40. The van der Waals surface area contributed by atoms with Gasteiger partial charge in [-0.1, -0.05) is 48.5 Å². The molecule has 0 radical (unpaired) electrons. The Morgan fingerprint density at radius 1 is 0.538 bits per heavy atom. The molecule has 4 aromatic carbocycles. The molecule has 6 aromatic rings. The molecule has 4 nitrogen and oxygen atoms in total. The molecule has 0 saturated heterocycles. The summed E-state index contributed by atoms with van der Waals surface area (Å²) in [6.45, 7) is 3.16. The Kier molecular flexibility index (Phi) is 6.32. The van der Waals surface area contributed by atoms with Gasteiger partial charge in [-0.25, -0.2) is 4.98 Å². The minimum absolute atomic E-state index is 0.943. The van der Waals surface area contributed by atoms with Crippen LogP contribution in [0.2, 0.25) is 0 Å². The van der Waals surface area contributed by atoms with Crippen LogP contribution in [0, 0.1) is 0 Å². The molecule has 0 aliphatic heterocycles. The van der Waals surface area contributed by atoms with Crippen molar-refractivity contribution >= 4 is 33.2 Å². The Morgan fingerprint density at radius 2 is 1.05 bits per heavy atom. The summed E-state index contributed by atoms with van der Waals surface area (Å²) in [4.78, 5) is 9.38. The lowest BCUT2D eigenvalue weighted by molar-refractivity contribution is 0.827. The second-order valence-electron chi connectivity index (χ2n) is 10.5. The number of aryl methyl sites for hydroxylation is 1. The van der Waals surface area contributed by atoms with Gasteiger partial charge in [0.05, 0.1) is 11.4 Å². The first-order valence-electron chi connectivity index (χ1n) is 13.5. The third kappa shape index (κ3) is 4.52. The fourth-order valence-corrected chi connectivity index (χ4v) is 5.43. The first-order chi connectivity index (χ1) is 18.9. The maximum Gasteiger partial charge on any atom is 0.0715 e. The van der Waals surface area contributed by atoms with Crippen molar-refractivity contribution in [3.05, 3.63) is 103 Å². The van der Waals surface area contributed by atoms with E-state index in [-0.39, 0.29) is 0 Å². The van der Waals surface area contributed by atoms with Crippen LogP contribution < -0.4 is 9.80 Å². The van der Waals surface area contributed by atoms with Crippen LogP contribution in [-0.2, 0) is 6.54 Å². The smallest absolute Gasteiger partial charge is 0.0715 e. The van der Waals surface area contributed by atoms with Gasteiger partial charge in [-0.15, -0.1) is 0 Å². The third-order valence-electron chi connectivity index (χ3n) is 7.61. The second-order valence-corrected chi connectivity index (χ2v) is 10.5. The second kappa shape index (κ2) is 9.95. The summed E-state index contributed by atoms with van der Waals surface area (Å²) in [5.74, 6) is 0. The Labute approximate surface area is 230 Å². The number of anilines is 2. The van der Waals surface area contributed by atoms with Gasteiger partial charge in [-0.3, -0.25) is 0 Å². The number of fused-ring (bicyclic) bond motifs is 3. The maximum absolute atomic E-state index is 5.15. The molecule has 0 saturated carbocycles. The number of rotatable bonds is 6. The van der Waals surface area contributed by atoms with Crippen molar-refractivity contribution in [3.63, 3.8) is 0 Å². The molecule has 0 amide bonds.